The minimum absolute atomic E-state index is 0.284. The van der Waals surface area contributed by atoms with Crippen molar-refractivity contribution in [1.82, 2.24) is 20.2 Å². The quantitative estimate of drug-likeness (QED) is 0.638. The van der Waals surface area contributed by atoms with Crippen LogP contribution in [0.3, 0.4) is 0 Å². The summed E-state index contributed by atoms with van der Waals surface area (Å²) in [6.45, 7) is 1.86. The van der Waals surface area contributed by atoms with Gasteiger partial charge in [-0.3, -0.25) is 4.79 Å². The lowest BCUT2D eigenvalue weighted by Gasteiger charge is -2.13. The molecule has 0 aliphatic heterocycles. The summed E-state index contributed by atoms with van der Waals surface area (Å²) in [4.78, 5) is 25.4. The lowest BCUT2D eigenvalue weighted by Crippen LogP contribution is -2.27. The van der Waals surface area contributed by atoms with Crippen LogP contribution in [0.1, 0.15) is 29.7 Å². The van der Waals surface area contributed by atoms with Crippen molar-refractivity contribution in [1.29, 1.82) is 0 Å². The highest BCUT2D eigenvalue weighted by Gasteiger charge is 2.22. The largest absolute Gasteiger partial charge is 0.465 e. The Kier molecular flexibility index (Phi) is 6.00. The first kappa shape index (κ1) is 19.5. The van der Waals surface area contributed by atoms with Crippen molar-refractivity contribution in [2.75, 3.05) is 12.4 Å². The van der Waals surface area contributed by atoms with Crippen LogP contribution >= 0.6 is 11.6 Å². The maximum absolute atomic E-state index is 12.7. The molecule has 8 nitrogen and oxygen atoms in total. The molecule has 28 heavy (non-hydrogen) atoms. The summed E-state index contributed by atoms with van der Waals surface area (Å²) in [5.41, 5.74) is 1.71. The lowest BCUT2D eigenvalue weighted by atomic mass is 10.2. The number of methoxy groups -OCH3 is 1. The summed E-state index contributed by atoms with van der Waals surface area (Å²) in [5, 5.41) is 15.8. The molecule has 0 saturated carbocycles. The van der Waals surface area contributed by atoms with E-state index in [0.29, 0.717) is 28.5 Å². The molecule has 0 fully saturated rings. The zero-order chi connectivity index (χ0) is 20.1. The second kappa shape index (κ2) is 8.62. The van der Waals surface area contributed by atoms with E-state index in [1.807, 2.05) is 6.92 Å². The van der Waals surface area contributed by atoms with E-state index in [2.05, 4.69) is 25.5 Å². The van der Waals surface area contributed by atoms with Crippen LogP contribution in [0.4, 0.5) is 5.69 Å². The number of amides is 1. The number of halogens is 1. The van der Waals surface area contributed by atoms with Gasteiger partial charge in [0.2, 0.25) is 5.82 Å². The first-order valence-corrected chi connectivity index (χ1v) is 8.94. The first-order valence-electron chi connectivity index (χ1n) is 8.56. The summed E-state index contributed by atoms with van der Waals surface area (Å²) in [6.07, 6.45) is 0.475. The van der Waals surface area contributed by atoms with Crippen LogP contribution in [-0.2, 0) is 9.53 Å². The van der Waals surface area contributed by atoms with Crippen molar-refractivity contribution >= 4 is 29.2 Å². The van der Waals surface area contributed by atoms with E-state index < -0.39 is 12.0 Å². The van der Waals surface area contributed by atoms with Gasteiger partial charge in [0.05, 0.1) is 12.7 Å². The maximum Gasteiger partial charge on any atom is 0.337 e. The number of anilines is 1. The van der Waals surface area contributed by atoms with Crippen molar-refractivity contribution in [3.05, 3.63) is 59.1 Å². The van der Waals surface area contributed by atoms with Crippen LogP contribution in [0.5, 0.6) is 0 Å². The molecule has 9 heteroatoms. The molecule has 0 bridgehead atoms. The molecule has 1 unspecified atom stereocenters. The standard InChI is InChI=1S/C19H18ClN5O3/c1-3-16(18(26)21-15-10-6-13(7-11-15)19(27)28-2)25-23-17(22-24-25)12-4-8-14(20)9-5-12/h4-11,16H,3H2,1-2H3,(H,21,26). The summed E-state index contributed by atoms with van der Waals surface area (Å²) < 4.78 is 4.66. The van der Waals surface area contributed by atoms with Crippen LogP contribution in [-0.4, -0.2) is 39.2 Å². The Morgan fingerprint density at radius 2 is 1.82 bits per heavy atom. The zero-order valence-electron chi connectivity index (χ0n) is 15.3. The zero-order valence-corrected chi connectivity index (χ0v) is 16.1. The molecule has 144 valence electrons. The molecule has 0 aliphatic carbocycles. The molecular weight excluding hydrogens is 382 g/mol. The SMILES string of the molecule is CCC(C(=O)Nc1ccc(C(=O)OC)cc1)n1nnc(-c2ccc(Cl)cc2)n1. The number of nitrogens with one attached hydrogen (secondary N) is 1. The van der Waals surface area contributed by atoms with Crippen molar-refractivity contribution in [3.8, 4) is 11.4 Å². The van der Waals surface area contributed by atoms with Gasteiger partial charge in [-0.05, 0) is 60.2 Å². The number of nitrogens with zero attached hydrogens (tertiary/aromatic N) is 4. The Morgan fingerprint density at radius 1 is 1.14 bits per heavy atom. The van der Waals surface area contributed by atoms with Crippen molar-refractivity contribution in [2.45, 2.75) is 19.4 Å². The van der Waals surface area contributed by atoms with Gasteiger partial charge in [0.25, 0.3) is 5.91 Å². The van der Waals surface area contributed by atoms with E-state index in [1.165, 1.54) is 11.9 Å². The molecule has 1 N–H and O–H groups in total. The van der Waals surface area contributed by atoms with Crippen LogP contribution in [0, 0.1) is 0 Å². The molecule has 0 radical (unpaired) electrons. The van der Waals surface area contributed by atoms with Gasteiger partial charge in [0.15, 0.2) is 6.04 Å². The number of ether oxygens (including phenoxy) is 1. The number of rotatable bonds is 6. The van der Waals surface area contributed by atoms with Crippen LogP contribution in [0.25, 0.3) is 11.4 Å². The van der Waals surface area contributed by atoms with Gasteiger partial charge in [0.1, 0.15) is 0 Å². The summed E-state index contributed by atoms with van der Waals surface area (Å²) in [7, 11) is 1.31. The molecule has 1 heterocycles. The van der Waals surface area contributed by atoms with Crippen molar-refractivity contribution in [3.63, 3.8) is 0 Å². The number of carbonyl (C=O) groups excluding carboxylic acids is 2. The monoisotopic (exact) mass is 399 g/mol. The Balaban J connectivity index is 1.73. The molecule has 3 rings (SSSR count). The normalized spacial score (nSPS) is 11.7. The maximum atomic E-state index is 12.7. The summed E-state index contributed by atoms with van der Waals surface area (Å²) >= 11 is 5.89. The van der Waals surface area contributed by atoms with Crippen LogP contribution < -0.4 is 5.32 Å². The predicted octanol–water partition coefficient (Wildman–Crippen LogP) is 3.37. The third kappa shape index (κ3) is 4.34. The van der Waals surface area contributed by atoms with Gasteiger partial charge in [-0.25, -0.2) is 4.79 Å². The van der Waals surface area contributed by atoms with E-state index in [1.54, 1.807) is 48.5 Å². The number of esters is 1. The fourth-order valence-corrected chi connectivity index (χ4v) is 2.68. The number of benzene rings is 2. The fraction of sp³-hybridized carbons (Fsp3) is 0.211. The van der Waals surface area contributed by atoms with Crippen LogP contribution in [0.15, 0.2) is 48.5 Å². The van der Waals surface area contributed by atoms with Gasteiger partial charge in [-0.1, -0.05) is 18.5 Å². The molecule has 1 aromatic heterocycles. The summed E-state index contributed by atoms with van der Waals surface area (Å²) in [5.74, 6) is -0.315. The van der Waals surface area contributed by atoms with Gasteiger partial charge in [-0.2, -0.15) is 4.80 Å². The molecule has 1 amide bonds. The first-order chi connectivity index (χ1) is 13.5. The van der Waals surface area contributed by atoms with Gasteiger partial charge >= 0.3 is 5.97 Å². The Hall–Kier alpha value is -3.26. The Bertz CT molecular complexity index is 970. The molecule has 0 aliphatic rings. The Labute approximate surface area is 166 Å². The molecule has 3 aromatic rings. The smallest absolute Gasteiger partial charge is 0.337 e. The second-order valence-corrected chi connectivity index (χ2v) is 6.36. The predicted molar refractivity (Wildman–Crippen MR) is 104 cm³/mol. The van der Waals surface area contributed by atoms with E-state index in [0.717, 1.165) is 5.56 Å². The van der Waals surface area contributed by atoms with E-state index >= 15 is 0 Å². The minimum Gasteiger partial charge on any atom is -0.465 e. The van der Waals surface area contributed by atoms with Gasteiger partial charge < -0.3 is 10.1 Å². The van der Waals surface area contributed by atoms with E-state index in [4.69, 9.17) is 11.6 Å². The molecule has 2 aromatic carbocycles. The lowest BCUT2D eigenvalue weighted by molar-refractivity contribution is -0.120. The van der Waals surface area contributed by atoms with E-state index in [9.17, 15) is 9.59 Å². The average molecular weight is 400 g/mol. The molecule has 1 atom stereocenters. The minimum atomic E-state index is -0.631. The highest BCUT2D eigenvalue weighted by molar-refractivity contribution is 6.30. The van der Waals surface area contributed by atoms with Gasteiger partial charge in [0, 0.05) is 16.3 Å². The topological polar surface area (TPSA) is 99.0 Å². The van der Waals surface area contributed by atoms with E-state index in [-0.39, 0.29) is 5.91 Å². The third-order valence-corrected chi connectivity index (χ3v) is 4.32. The number of hydrogen-bond donors (Lipinski definition) is 1. The molecule has 0 spiro atoms. The number of hydrogen-bond acceptors (Lipinski definition) is 6. The highest BCUT2D eigenvalue weighted by Crippen LogP contribution is 2.19. The number of aromatic nitrogens is 4. The highest BCUT2D eigenvalue weighted by atomic mass is 35.5. The molecular formula is C19H18ClN5O3. The average Bonchev–Trinajstić information content (AvgIpc) is 3.18. The van der Waals surface area contributed by atoms with Gasteiger partial charge in [-0.15, -0.1) is 10.2 Å². The van der Waals surface area contributed by atoms with Crippen molar-refractivity contribution in [2.24, 2.45) is 0 Å². The van der Waals surface area contributed by atoms with Crippen LogP contribution in [0.2, 0.25) is 5.02 Å². The molecule has 0 saturated heterocycles. The number of tetrazole rings is 1. The number of carbonyl (C=O) groups is 2. The second-order valence-electron chi connectivity index (χ2n) is 5.92. The van der Waals surface area contributed by atoms with Crippen molar-refractivity contribution < 1.29 is 14.3 Å². The Morgan fingerprint density at radius 3 is 2.43 bits per heavy atom. The fourth-order valence-electron chi connectivity index (χ4n) is 2.56. The summed E-state index contributed by atoms with van der Waals surface area (Å²) in [6, 6.07) is 12.8. The third-order valence-electron chi connectivity index (χ3n) is 4.07.